The molecule has 4 unspecified atom stereocenters. The zero-order valence-corrected chi connectivity index (χ0v) is 31.8. The van der Waals surface area contributed by atoms with Crippen LogP contribution in [-0.2, 0) is 0 Å². The van der Waals surface area contributed by atoms with E-state index in [1.54, 1.807) is 12.0 Å². The van der Waals surface area contributed by atoms with Crippen molar-refractivity contribution < 1.29 is 0 Å². The van der Waals surface area contributed by atoms with Crippen LogP contribution in [0.5, 0.6) is 0 Å². The summed E-state index contributed by atoms with van der Waals surface area (Å²) in [6.07, 6.45) is 12.7. The molecule has 4 bridgehead atoms. The average Bonchev–Trinajstić information content (AvgIpc) is 3.68. The summed E-state index contributed by atoms with van der Waals surface area (Å²) in [7, 11) is 0. The fourth-order valence-corrected chi connectivity index (χ4v) is 8.78. The molecule has 0 aromatic heterocycles. The highest BCUT2D eigenvalue weighted by Crippen LogP contribution is 2.54. The topological polar surface area (TPSA) is 0 Å². The number of hydrogen-bond acceptors (Lipinski definition) is 0. The van der Waals surface area contributed by atoms with Crippen molar-refractivity contribution in [1.29, 1.82) is 0 Å². The second kappa shape index (κ2) is 17.6. The van der Waals surface area contributed by atoms with Gasteiger partial charge >= 0.3 is 0 Å². The summed E-state index contributed by atoms with van der Waals surface area (Å²) in [6, 6.07) is 6.50. The van der Waals surface area contributed by atoms with E-state index in [4.69, 9.17) is 0 Å². The standard InChI is InChI=1S/C10H18.C10H16.C9H18.C9H12.C5H12/c2*1-6-4-9-5-10(6)8(3)7(9)2;2*1-7-4-5-8(2)9(3)6-7;1-4-5(2)3/h6-10H,4-5H2,1-3H3;4,7-10H,5H2,1-3H3;7-9H,4-6H2,1-3H3;4-6H,1-3H3;5H,4H2,1-3H3/t6-,7-,8+,9?,10?;7-,8+,9?,10?;7-,8+,9-;;/m000../s1. The van der Waals surface area contributed by atoms with Gasteiger partial charge < -0.3 is 0 Å². The predicted molar refractivity (Wildman–Crippen MR) is 195 cm³/mol. The van der Waals surface area contributed by atoms with Gasteiger partial charge in [0.05, 0.1) is 0 Å². The molecule has 4 fully saturated rings. The van der Waals surface area contributed by atoms with E-state index in [2.05, 4.69) is 128 Å². The maximum absolute atomic E-state index is 2.50. The third-order valence-electron chi connectivity index (χ3n) is 13.3. The van der Waals surface area contributed by atoms with E-state index in [0.29, 0.717) is 0 Å². The van der Waals surface area contributed by atoms with Gasteiger partial charge in [0.1, 0.15) is 0 Å². The molecule has 5 aliphatic carbocycles. The van der Waals surface area contributed by atoms with Crippen molar-refractivity contribution in [2.45, 2.75) is 149 Å². The van der Waals surface area contributed by atoms with Crippen LogP contribution in [0.4, 0.5) is 0 Å². The molecular formula is C43H76. The minimum Gasteiger partial charge on any atom is -0.0819 e. The van der Waals surface area contributed by atoms with Crippen LogP contribution in [0.3, 0.4) is 0 Å². The Labute approximate surface area is 271 Å². The van der Waals surface area contributed by atoms with E-state index < -0.39 is 0 Å². The molecule has 0 nitrogen and oxygen atoms in total. The number of hydrogen-bond donors (Lipinski definition) is 0. The molecule has 0 heterocycles. The largest absolute Gasteiger partial charge is 0.0819 e. The summed E-state index contributed by atoms with van der Waals surface area (Å²) in [6.45, 7) is 34.6. The van der Waals surface area contributed by atoms with Crippen LogP contribution in [-0.4, -0.2) is 0 Å². The Morgan fingerprint density at radius 2 is 1.28 bits per heavy atom. The van der Waals surface area contributed by atoms with E-state index in [1.165, 1.54) is 55.2 Å². The van der Waals surface area contributed by atoms with Gasteiger partial charge in [0.2, 0.25) is 0 Å². The minimum atomic E-state index is 0.884. The van der Waals surface area contributed by atoms with Gasteiger partial charge in [-0.25, -0.2) is 0 Å². The average molecular weight is 593 g/mol. The second-order valence-corrected chi connectivity index (χ2v) is 17.0. The van der Waals surface area contributed by atoms with E-state index >= 15 is 0 Å². The molecule has 0 saturated heterocycles. The SMILES string of the molecule is CC1=CC2CC1[C@H](C)[C@@H]2C.CCC(C)C.C[C@@H]1C2CC([C@@H](C)C2)[C@@H]1C.C[C@H]1CC[C@@H](C)[C@@H](C)C1.Cc1ccc(C)c(C)c1. The van der Waals surface area contributed by atoms with Crippen molar-refractivity contribution in [3.63, 3.8) is 0 Å². The first-order chi connectivity index (χ1) is 20.1. The molecule has 43 heavy (non-hydrogen) atoms. The first-order valence-electron chi connectivity index (χ1n) is 18.8. The third-order valence-corrected chi connectivity index (χ3v) is 13.3. The first-order valence-corrected chi connectivity index (χ1v) is 18.8. The fourth-order valence-electron chi connectivity index (χ4n) is 8.78. The highest BCUT2D eigenvalue weighted by molar-refractivity contribution is 5.28. The van der Waals surface area contributed by atoms with Gasteiger partial charge in [-0.1, -0.05) is 131 Å². The Morgan fingerprint density at radius 3 is 1.65 bits per heavy atom. The lowest BCUT2D eigenvalue weighted by molar-refractivity contribution is 0.201. The van der Waals surface area contributed by atoms with E-state index in [9.17, 15) is 0 Å². The molecule has 0 aliphatic heterocycles. The van der Waals surface area contributed by atoms with E-state index in [1.807, 2.05) is 0 Å². The number of fused-ring (bicyclic) bond motifs is 4. The van der Waals surface area contributed by atoms with Crippen molar-refractivity contribution in [3.8, 4) is 0 Å². The van der Waals surface area contributed by atoms with Gasteiger partial charge in [-0.05, 0) is 141 Å². The van der Waals surface area contributed by atoms with Gasteiger partial charge in [0, 0.05) is 0 Å². The Hall–Kier alpha value is -1.04. The van der Waals surface area contributed by atoms with Crippen molar-refractivity contribution in [2.75, 3.05) is 0 Å². The molecule has 1 aromatic carbocycles. The smallest absolute Gasteiger partial charge is 0.0172 e. The Bertz CT molecular complexity index is 964. The predicted octanol–water partition coefficient (Wildman–Crippen LogP) is 13.5. The normalized spacial score (nSPS) is 38.5. The highest BCUT2D eigenvalue weighted by atomic mass is 14.5. The van der Waals surface area contributed by atoms with Crippen LogP contribution >= 0.6 is 0 Å². The quantitative estimate of drug-likeness (QED) is 0.284. The molecule has 12 atom stereocenters. The summed E-state index contributed by atoms with van der Waals surface area (Å²) in [5.74, 6) is 12.9. The van der Waals surface area contributed by atoms with E-state index in [-0.39, 0.29) is 0 Å². The third kappa shape index (κ3) is 11.1. The van der Waals surface area contributed by atoms with Gasteiger partial charge in [-0.2, -0.15) is 0 Å². The van der Waals surface area contributed by atoms with Crippen LogP contribution in [0.15, 0.2) is 29.8 Å². The summed E-state index contributed by atoms with van der Waals surface area (Å²) in [5, 5.41) is 0. The van der Waals surface area contributed by atoms with Crippen molar-refractivity contribution in [1.82, 2.24) is 0 Å². The van der Waals surface area contributed by atoms with Crippen LogP contribution < -0.4 is 0 Å². The highest BCUT2D eigenvalue weighted by Gasteiger charge is 2.46. The number of aryl methyl sites for hydroxylation is 3. The lowest BCUT2D eigenvalue weighted by Crippen LogP contribution is -2.22. The maximum atomic E-state index is 2.50. The summed E-state index contributed by atoms with van der Waals surface area (Å²) < 4.78 is 0. The molecule has 0 amide bonds. The maximum Gasteiger partial charge on any atom is -0.0172 e. The lowest BCUT2D eigenvalue weighted by atomic mass is 9.77. The molecule has 0 spiro atoms. The lowest BCUT2D eigenvalue weighted by Gasteiger charge is -2.29. The molecular weight excluding hydrogens is 516 g/mol. The molecule has 0 heteroatoms. The van der Waals surface area contributed by atoms with Gasteiger partial charge in [0.25, 0.3) is 0 Å². The molecule has 0 N–H and O–H groups in total. The van der Waals surface area contributed by atoms with Crippen molar-refractivity contribution in [3.05, 3.63) is 46.5 Å². The number of benzene rings is 1. The zero-order chi connectivity index (χ0) is 32.6. The Kier molecular flexibility index (Phi) is 15.6. The minimum absolute atomic E-state index is 0.884. The van der Waals surface area contributed by atoms with Crippen molar-refractivity contribution in [2.24, 2.45) is 76.9 Å². The van der Waals surface area contributed by atoms with E-state index in [0.717, 1.165) is 76.9 Å². The molecule has 4 saturated carbocycles. The van der Waals surface area contributed by atoms with Crippen LogP contribution in [0.2, 0.25) is 0 Å². The van der Waals surface area contributed by atoms with Crippen LogP contribution in [0.25, 0.3) is 0 Å². The van der Waals surface area contributed by atoms with Gasteiger partial charge in [0.15, 0.2) is 0 Å². The van der Waals surface area contributed by atoms with Crippen molar-refractivity contribution >= 4 is 0 Å². The molecule has 1 aromatic rings. The number of allylic oxidation sites excluding steroid dienone is 2. The van der Waals surface area contributed by atoms with Gasteiger partial charge in [-0.15, -0.1) is 0 Å². The molecule has 5 aliphatic rings. The zero-order valence-electron chi connectivity index (χ0n) is 31.8. The molecule has 248 valence electrons. The molecule has 6 rings (SSSR count). The Balaban J connectivity index is 0.000000191. The van der Waals surface area contributed by atoms with Gasteiger partial charge in [-0.3, -0.25) is 0 Å². The summed E-state index contributed by atoms with van der Waals surface area (Å²) in [5.41, 5.74) is 5.77. The van der Waals surface area contributed by atoms with Crippen LogP contribution in [0, 0.1) is 97.7 Å². The summed E-state index contributed by atoms with van der Waals surface area (Å²) in [4.78, 5) is 0. The molecule has 0 radical (unpaired) electrons. The first kappa shape index (κ1) is 38.1. The Morgan fingerprint density at radius 1 is 0.651 bits per heavy atom. The summed E-state index contributed by atoms with van der Waals surface area (Å²) >= 11 is 0. The van der Waals surface area contributed by atoms with Crippen LogP contribution in [0.1, 0.15) is 145 Å². The second-order valence-electron chi connectivity index (χ2n) is 17.0. The fraction of sp³-hybridized carbons (Fsp3) is 0.814. The monoisotopic (exact) mass is 593 g/mol. The number of rotatable bonds is 1.